The van der Waals surface area contributed by atoms with Gasteiger partial charge in [0.15, 0.2) is 0 Å². The summed E-state index contributed by atoms with van der Waals surface area (Å²) >= 11 is 6.61. The van der Waals surface area contributed by atoms with Gasteiger partial charge in [-0.1, -0.05) is 0 Å². The van der Waals surface area contributed by atoms with Crippen molar-refractivity contribution in [2.45, 2.75) is 6.54 Å². The summed E-state index contributed by atoms with van der Waals surface area (Å²) in [7, 11) is 0. The van der Waals surface area contributed by atoms with Gasteiger partial charge in [0.1, 0.15) is 9.21 Å². The molecule has 0 aliphatic heterocycles. The number of rotatable bonds is 5. The van der Waals surface area contributed by atoms with Gasteiger partial charge in [-0.2, -0.15) is 5.10 Å². The van der Waals surface area contributed by atoms with Crippen LogP contribution < -0.4 is 0 Å². The van der Waals surface area contributed by atoms with Crippen LogP contribution in [0.3, 0.4) is 0 Å². The van der Waals surface area contributed by atoms with E-state index in [4.69, 9.17) is 9.84 Å². The van der Waals surface area contributed by atoms with E-state index in [1.165, 1.54) is 0 Å². The fourth-order valence-electron chi connectivity index (χ4n) is 0.839. The predicted molar refractivity (Wildman–Crippen MR) is 55.5 cm³/mol. The van der Waals surface area contributed by atoms with Gasteiger partial charge in [-0.3, -0.25) is 4.68 Å². The Kier molecular flexibility index (Phi) is 4.93. The third kappa shape index (κ3) is 3.76. The molecule has 0 saturated heterocycles. The minimum Gasteiger partial charge on any atom is -0.394 e. The highest BCUT2D eigenvalue weighted by Crippen LogP contribution is 2.15. The lowest BCUT2D eigenvalue weighted by Crippen LogP contribution is -2.09. The van der Waals surface area contributed by atoms with Crippen LogP contribution in [-0.2, 0) is 11.3 Å². The first-order chi connectivity index (χ1) is 6.24. The molecule has 0 saturated carbocycles. The van der Waals surface area contributed by atoms with Crippen molar-refractivity contribution in [2.24, 2.45) is 0 Å². The van der Waals surface area contributed by atoms with Crippen LogP contribution in [0.15, 0.2) is 15.3 Å². The number of hydrogen-bond acceptors (Lipinski definition) is 3. The molecule has 1 N–H and O–H groups in total. The summed E-state index contributed by atoms with van der Waals surface area (Å²) in [6.45, 7) is 1.66. The first-order valence-electron chi connectivity index (χ1n) is 3.81. The molecular formula is C7H10Br2N2O2. The Morgan fingerprint density at radius 1 is 1.46 bits per heavy atom. The molecule has 0 atom stereocenters. The van der Waals surface area contributed by atoms with E-state index in [0.717, 1.165) is 9.21 Å². The second-order valence-electron chi connectivity index (χ2n) is 2.35. The van der Waals surface area contributed by atoms with Crippen molar-refractivity contribution >= 4 is 31.9 Å². The van der Waals surface area contributed by atoms with Gasteiger partial charge < -0.3 is 9.84 Å². The van der Waals surface area contributed by atoms with Crippen LogP contribution in [0.4, 0.5) is 0 Å². The molecule has 0 fully saturated rings. The number of nitrogens with zero attached hydrogens (tertiary/aromatic N) is 2. The molecule has 4 nitrogen and oxygen atoms in total. The smallest absolute Gasteiger partial charge is 0.129 e. The van der Waals surface area contributed by atoms with E-state index in [-0.39, 0.29) is 6.61 Å². The van der Waals surface area contributed by atoms with Crippen LogP contribution in [0, 0.1) is 0 Å². The van der Waals surface area contributed by atoms with Gasteiger partial charge in [0, 0.05) is 6.07 Å². The summed E-state index contributed by atoms with van der Waals surface area (Å²) in [6, 6.07) is 1.87. The van der Waals surface area contributed by atoms with E-state index in [0.29, 0.717) is 19.8 Å². The SMILES string of the molecule is OCCOCCn1nc(Br)cc1Br. The maximum Gasteiger partial charge on any atom is 0.129 e. The van der Waals surface area contributed by atoms with Crippen molar-refractivity contribution < 1.29 is 9.84 Å². The van der Waals surface area contributed by atoms with E-state index >= 15 is 0 Å². The quantitative estimate of drug-likeness (QED) is 0.836. The molecule has 0 aliphatic carbocycles. The van der Waals surface area contributed by atoms with Crippen molar-refractivity contribution in [3.8, 4) is 0 Å². The number of aliphatic hydroxyl groups excluding tert-OH is 1. The minimum absolute atomic E-state index is 0.0595. The molecule has 0 aliphatic rings. The van der Waals surface area contributed by atoms with Gasteiger partial charge in [0.05, 0.1) is 26.4 Å². The zero-order valence-electron chi connectivity index (χ0n) is 6.91. The Bertz CT molecular complexity index is 265. The van der Waals surface area contributed by atoms with Gasteiger partial charge in [-0.15, -0.1) is 0 Å². The third-order valence-electron chi connectivity index (χ3n) is 1.38. The summed E-state index contributed by atoms with van der Waals surface area (Å²) in [5.41, 5.74) is 0. The number of aliphatic hydroxyl groups is 1. The van der Waals surface area contributed by atoms with Crippen LogP contribution in [0.1, 0.15) is 0 Å². The number of ether oxygens (including phenoxy) is 1. The highest BCUT2D eigenvalue weighted by Gasteiger charge is 2.01. The van der Waals surface area contributed by atoms with Gasteiger partial charge in [0.2, 0.25) is 0 Å². The van der Waals surface area contributed by atoms with Gasteiger partial charge >= 0.3 is 0 Å². The summed E-state index contributed by atoms with van der Waals surface area (Å²) in [4.78, 5) is 0. The monoisotopic (exact) mass is 312 g/mol. The molecule has 74 valence electrons. The topological polar surface area (TPSA) is 47.3 Å². The average Bonchev–Trinajstić information content (AvgIpc) is 2.39. The fourth-order valence-corrected chi connectivity index (χ4v) is 2.03. The molecule has 13 heavy (non-hydrogen) atoms. The van der Waals surface area contributed by atoms with E-state index in [1.807, 2.05) is 6.07 Å². The third-order valence-corrected chi connectivity index (χ3v) is 2.41. The van der Waals surface area contributed by atoms with Gasteiger partial charge in [0.25, 0.3) is 0 Å². The Morgan fingerprint density at radius 3 is 2.77 bits per heavy atom. The molecule has 0 amide bonds. The van der Waals surface area contributed by atoms with Crippen molar-refractivity contribution in [1.82, 2.24) is 9.78 Å². The molecular weight excluding hydrogens is 304 g/mol. The first-order valence-corrected chi connectivity index (χ1v) is 5.40. The molecule has 1 aromatic rings. The highest BCUT2D eigenvalue weighted by molar-refractivity contribution is 9.11. The number of aromatic nitrogens is 2. The van der Waals surface area contributed by atoms with Crippen molar-refractivity contribution in [2.75, 3.05) is 19.8 Å². The Hall–Kier alpha value is 0.0900. The molecule has 1 aromatic heterocycles. The van der Waals surface area contributed by atoms with Crippen molar-refractivity contribution in [3.05, 3.63) is 15.3 Å². The lowest BCUT2D eigenvalue weighted by molar-refractivity contribution is 0.0850. The molecule has 1 rings (SSSR count). The zero-order valence-corrected chi connectivity index (χ0v) is 10.1. The minimum atomic E-state index is 0.0595. The standard InChI is InChI=1S/C7H10Br2N2O2/c8-6-5-7(9)11(10-6)1-3-13-4-2-12/h5,12H,1-4H2. The predicted octanol–water partition coefficient (Wildman–Crippen LogP) is 1.42. The summed E-state index contributed by atoms with van der Waals surface area (Å²) in [5, 5.41) is 12.6. The molecule has 0 spiro atoms. The van der Waals surface area contributed by atoms with E-state index in [1.54, 1.807) is 4.68 Å². The van der Waals surface area contributed by atoms with Crippen LogP contribution in [0.2, 0.25) is 0 Å². The second kappa shape index (κ2) is 5.74. The molecule has 0 unspecified atom stereocenters. The molecule has 1 heterocycles. The lowest BCUT2D eigenvalue weighted by Gasteiger charge is -2.03. The fraction of sp³-hybridized carbons (Fsp3) is 0.571. The summed E-state index contributed by atoms with van der Waals surface area (Å²) < 4.78 is 8.59. The van der Waals surface area contributed by atoms with Gasteiger partial charge in [-0.05, 0) is 31.9 Å². The summed E-state index contributed by atoms with van der Waals surface area (Å²) in [5.74, 6) is 0. The second-order valence-corrected chi connectivity index (χ2v) is 3.97. The first kappa shape index (κ1) is 11.2. The molecule has 0 bridgehead atoms. The number of halogens is 2. The highest BCUT2D eigenvalue weighted by atomic mass is 79.9. The Labute approximate surface area is 93.1 Å². The van der Waals surface area contributed by atoms with Crippen molar-refractivity contribution in [1.29, 1.82) is 0 Å². The van der Waals surface area contributed by atoms with Crippen LogP contribution in [-0.4, -0.2) is 34.7 Å². The van der Waals surface area contributed by atoms with E-state index < -0.39 is 0 Å². The van der Waals surface area contributed by atoms with Crippen LogP contribution in [0.5, 0.6) is 0 Å². The molecule has 0 aromatic carbocycles. The Balaban J connectivity index is 2.32. The van der Waals surface area contributed by atoms with Gasteiger partial charge in [-0.25, -0.2) is 0 Å². The maximum absolute atomic E-state index is 8.46. The van der Waals surface area contributed by atoms with E-state index in [9.17, 15) is 0 Å². The maximum atomic E-state index is 8.46. The van der Waals surface area contributed by atoms with E-state index in [2.05, 4.69) is 37.0 Å². The Morgan fingerprint density at radius 2 is 2.23 bits per heavy atom. The van der Waals surface area contributed by atoms with Crippen LogP contribution >= 0.6 is 31.9 Å². The average molecular weight is 314 g/mol. The lowest BCUT2D eigenvalue weighted by atomic mass is 10.6. The molecule has 0 radical (unpaired) electrons. The molecule has 6 heteroatoms. The largest absolute Gasteiger partial charge is 0.394 e. The van der Waals surface area contributed by atoms with Crippen LogP contribution in [0.25, 0.3) is 0 Å². The van der Waals surface area contributed by atoms with Crippen molar-refractivity contribution in [3.63, 3.8) is 0 Å². The zero-order chi connectivity index (χ0) is 9.68. The normalized spacial score (nSPS) is 10.7. The summed E-state index contributed by atoms with van der Waals surface area (Å²) in [6.07, 6.45) is 0. The number of hydrogen-bond donors (Lipinski definition) is 1.